The number of pyridine rings is 1. The first-order chi connectivity index (χ1) is 10.0. The molecule has 0 saturated carbocycles. The van der Waals surface area contributed by atoms with E-state index in [1.807, 2.05) is 0 Å². The highest BCUT2D eigenvalue weighted by molar-refractivity contribution is 5.74. The highest BCUT2D eigenvalue weighted by Crippen LogP contribution is 2.34. The maximum Gasteiger partial charge on any atom is 0.336 e. The molecule has 0 bridgehead atoms. The lowest BCUT2D eigenvalue weighted by Gasteiger charge is -2.08. The fourth-order valence-electron chi connectivity index (χ4n) is 2.30. The van der Waals surface area contributed by atoms with Gasteiger partial charge in [-0.1, -0.05) is 6.07 Å². The Morgan fingerprint density at radius 1 is 1.33 bits per heavy atom. The van der Waals surface area contributed by atoms with Crippen LogP contribution < -0.4 is 0 Å². The summed E-state index contributed by atoms with van der Waals surface area (Å²) in [5.41, 5.74) is 1.61. The van der Waals surface area contributed by atoms with Crippen molar-refractivity contribution in [2.24, 2.45) is 0 Å². The number of rotatable bonds is 2. The molecule has 0 aromatic carbocycles. The minimum absolute atomic E-state index is 0.0279. The number of aromatic nitrogens is 4. The summed E-state index contributed by atoms with van der Waals surface area (Å²) in [5.74, 6) is -0.193. The van der Waals surface area contributed by atoms with E-state index < -0.39 is 4.92 Å². The Hall–Kier alpha value is -3.03. The Kier molecular flexibility index (Phi) is 2.79. The Balaban J connectivity index is 2.38. The second-order valence-electron chi connectivity index (χ2n) is 4.56. The van der Waals surface area contributed by atoms with E-state index in [1.54, 1.807) is 31.5 Å². The smallest absolute Gasteiger partial charge is 0.336 e. The fraction of sp³-hybridized carbons (Fsp3) is 0.154. The van der Waals surface area contributed by atoms with Gasteiger partial charge in [-0.3, -0.25) is 15.1 Å². The van der Waals surface area contributed by atoms with Crippen molar-refractivity contribution in [3.8, 4) is 17.0 Å². The number of fused-ring (bicyclic) bond motifs is 1. The van der Waals surface area contributed by atoms with Crippen LogP contribution in [0.15, 0.2) is 24.5 Å². The lowest BCUT2D eigenvalue weighted by molar-refractivity contribution is -0.383. The van der Waals surface area contributed by atoms with Crippen molar-refractivity contribution in [3.63, 3.8) is 0 Å². The summed E-state index contributed by atoms with van der Waals surface area (Å²) in [6.45, 7) is 3.18. The van der Waals surface area contributed by atoms with Crippen molar-refractivity contribution in [1.82, 2.24) is 19.6 Å². The number of nitro groups is 1. The zero-order valence-corrected chi connectivity index (χ0v) is 11.3. The first kappa shape index (κ1) is 13.0. The lowest BCUT2D eigenvalue weighted by atomic mass is 10.1. The number of nitrogens with zero attached hydrogens (tertiary/aromatic N) is 5. The minimum Gasteiger partial charge on any atom is -0.493 e. The monoisotopic (exact) mass is 285 g/mol. The molecular formula is C13H11N5O3. The second-order valence-corrected chi connectivity index (χ2v) is 4.56. The van der Waals surface area contributed by atoms with Crippen molar-refractivity contribution >= 4 is 11.3 Å². The molecule has 0 aliphatic rings. The average Bonchev–Trinajstić information content (AvgIpc) is 2.76. The molecule has 3 aromatic heterocycles. The summed E-state index contributed by atoms with van der Waals surface area (Å²) in [5, 5.41) is 25.5. The molecule has 3 rings (SSSR count). The van der Waals surface area contributed by atoms with E-state index in [9.17, 15) is 15.2 Å². The van der Waals surface area contributed by atoms with Gasteiger partial charge in [0.15, 0.2) is 0 Å². The molecule has 1 N–H and O–H groups in total. The first-order valence-corrected chi connectivity index (χ1v) is 6.14. The van der Waals surface area contributed by atoms with Crippen LogP contribution >= 0.6 is 0 Å². The molecule has 0 aliphatic carbocycles. The van der Waals surface area contributed by atoms with E-state index in [4.69, 9.17) is 0 Å². The van der Waals surface area contributed by atoms with E-state index >= 15 is 0 Å². The molecule has 0 amide bonds. The van der Waals surface area contributed by atoms with Crippen LogP contribution in [0.25, 0.3) is 16.8 Å². The van der Waals surface area contributed by atoms with Gasteiger partial charge in [-0.05, 0) is 19.9 Å². The molecule has 3 heterocycles. The summed E-state index contributed by atoms with van der Waals surface area (Å²) < 4.78 is 1.09. The quantitative estimate of drug-likeness (QED) is 0.570. The zero-order valence-electron chi connectivity index (χ0n) is 11.3. The summed E-state index contributed by atoms with van der Waals surface area (Å²) in [4.78, 5) is 18.8. The van der Waals surface area contributed by atoms with Crippen molar-refractivity contribution in [1.29, 1.82) is 0 Å². The Morgan fingerprint density at radius 3 is 2.71 bits per heavy atom. The molecule has 0 saturated heterocycles. The van der Waals surface area contributed by atoms with Crippen LogP contribution in [0.4, 0.5) is 5.69 Å². The summed E-state index contributed by atoms with van der Waals surface area (Å²) in [6.07, 6.45) is 3.20. The molecule has 8 heteroatoms. The molecule has 21 heavy (non-hydrogen) atoms. The number of hydrogen-bond acceptors (Lipinski definition) is 6. The summed E-state index contributed by atoms with van der Waals surface area (Å²) in [7, 11) is 0. The van der Waals surface area contributed by atoms with Crippen LogP contribution in [0.5, 0.6) is 5.88 Å². The SMILES string of the molecule is Cc1nc2c([N+](=O)[O-])c(C)nn2c(O)c1-c1cccnc1. The highest BCUT2D eigenvalue weighted by Gasteiger charge is 2.26. The van der Waals surface area contributed by atoms with Crippen molar-refractivity contribution in [2.75, 3.05) is 0 Å². The lowest BCUT2D eigenvalue weighted by Crippen LogP contribution is -1.99. The van der Waals surface area contributed by atoms with Gasteiger partial charge < -0.3 is 5.11 Å². The van der Waals surface area contributed by atoms with Gasteiger partial charge in [0.1, 0.15) is 5.69 Å². The maximum absolute atomic E-state index is 11.1. The van der Waals surface area contributed by atoms with Crippen LogP contribution in [0, 0.1) is 24.0 Å². The Labute approximate surface area is 118 Å². The van der Waals surface area contributed by atoms with Gasteiger partial charge in [0.2, 0.25) is 11.5 Å². The minimum atomic E-state index is -0.548. The van der Waals surface area contributed by atoms with Crippen LogP contribution in [-0.4, -0.2) is 29.6 Å². The molecule has 8 nitrogen and oxygen atoms in total. The largest absolute Gasteiger partial charge is 0.493 e. The standard InChI is InChI=1S/C13H11N5O3/c1-7-10(9-4-3-5-14-6-9)13(19)17-12(15-7)11(18(20)21)8(2)16-17/h3-6,19H,1-2H3. The topological polar surface area (TPSA) is 106 Å². The molecule has 0 spiro atoms. The maximum atomic E-state index is 11.1. The number of hydrogen-bond donors (Lipinski definition) is 1. The molecule has 0 aliphatic heterocycles. The van der Waals surface area contributed by atoms with E-state index in [-0.39, 0.29) is 22.9 Å². The van der Waals surface area contributed by atoms with Gasteiger partial charge in [-0.2, -0.15) is 9.61 Å². The molecule has 0 unspecified atom stereocenters. The molecular weight excluding hydrogens is 274 g/mol. The van der Waals surface area contributed by atoms with Gasteiger partial charge in [0.25, 0.3) is 0 Å². The first-order valence-electron chi connectivity index (χ1n) is 6.14. The van der Waals surface area contributed by atoms with Crippen molar-refractivity contribution in [3.05, 3.63) is 46.0 Å². The normalized spacial score (nSPS) is 11.0. The molecule has 0 fully saturated rings. The Bertz CT molecular complexity index is 857. The van der Waals surface area contributed by atoms with Gasteiger partial charge in [0.05, 0.1) is 16.2 Å². The second kappa shape index (κ2) is 4.51. The van der Waals surface area contributed by atoms with E-state index in [0.717, 1.165) is 4.52 Å². The zero-order chi connectivity index (χ0) is 15.1. The Morgan fingerprint density at radius 2 is 2.10 bits per heavy atom. The third-order valence-electron chi connectivity index (χ3n) is 3.20. The van der Waals surface area contributed by atoms with E-state index in [0.29, 0.717) is 16.8 Å². The summed E-state index contributed by atoms with van der Waals surface area (Å²) >= 11 is 0. The van der Waals surface area contributed by atoms with Crippen molar-refractivity contribution in [2.45, 2.75) is 13.8 Å². The van der Waals surface area contributed by atoms with Gasteiger partial charge in [0, 0.05) is 18.0 Å². The molecule has 0 atom stereocenters. The van der Waals surface area contributed by atoms with Crippen molar-refractivity contribution < 1.29 is 10.0 Å². The predicted octanol–water partition coefficient (Wildman–Crippen LogP) is 2.02. The summed E-state index contributed by atoms with van der Waals surface area (Å²) in [6, 6.07) is 3.50. The third-order valence-corrected chi connectivity index (χ3v) is 3.20. The van der Waals surface area contributed by atoms with Gasteiger partial charge in [-0.25, -0.2) is 4.98 Å². The van der Waals surface area contributed by atoms with E-state index in [1.165, 1.54) is 6.92 Å². The van der Waals surface area contributed by atoms with Crippen LogP contribution in [-0.2, 0) is 0 Å². The molecule has 0 radical (unpaired) electrons. The van der Waals surface area contributed by atoms with Crippen LogP contribution in [0.2, 0.25) is 0 Å². The van der Waals surface area contributed by atoms with Crippen LogP contribution in [0.1, 0.15) is 11.4 Å². The average molecular weight is 285 g/mol. The number of aryl methyl sites for hydroxylation is 2. The third kappa shape index (κ3) is 1.88. The number of aromatic hydroxyl groups is 1. The van der Waals surface area contributed by atoms with Crippen LogP contribution in [0.3, 0.4) is 0 Å². The van der Waals surface area contributed by atoms with Gasteiger partial charge >= 0.3 is 5.69 Å². The fourth-order valence-corrected chi connectivity index (χ4v) is 2.30. The van der Waals surface area contributed by atoms with Gasteiger partial charge in [-0.15, -0.1) is 0 Å². The molecule has 3 aromatic rings. The highest BCUT2D eigenvalue weighted by atomic mass is 16.6. The predicted molar refractivity (Wildman–Crippen MR) is 74.0 cm³/mol. The van der Waals surface area contributed by atoms with E-state index in [2.05, 4.69) is 15.1 Å². The molecule has 106 valence electrons.